The quantitative estimate of drug-likeness (QED) is 0.459. The maximum atomic E-state index is 13.1. The summed E-state index contributed by atoms with van der Waals surface area (Å²) >= 11 is 5.94. The van der Waals surface area contributed by atoms with E-state index in [4.69, 9.17) is 21.1 Å². The molecule has 3 aliphatic rings. The summed E-state index contributed by atoms with van der Waals surface area (Å²) in [5, 5.41) is 0.614. The third-order valence-electron chi connectivity index (χ3n) is 5.25. The Kier molecular flexibility index (Phi) is 4.08. The van der Waals surface area contributed by atoms with E-state index in [1.165, 1.54) is 0 Å². The predicted octanol–water partition coefficient (Wildman–Crippen LogP) is 2.97. The molecule has 2 saturated heterocycles. The van der Waals surface area contributed by atoms with Gasteiger partial charge in [0.1, 0.15) is 11.5 Å². The molecule has 1 aromatic rings. The summed E-state index contributed by atoms with van der Waals surface area (Å²) in [5.74, 6) is -1.51. The van der Waals surface area contributed by atoms with Crippen LogP contribution in [0.2, 0.25) is 5.02 Å². The number of benzene rings is 1. The molecular formula is C19H20ClNO4. The Morgan fingerprint density at radius 2 is 2.16 bits per heavy atom. The van der Waals surface area contributed by atoms with E-state index < -0.39 is 17.4 Å². The topological polar surface area (TPSA) is 55.8 Å². The van der Waals surface area contributed by atoms with Crippen molar-refractivity contribution in [1.82, 2.24) is 0 Å². The minimum Gasteiger partial charge on any atom is -0.465 e. The van der Waals surface area contributed by atoms with E-state index in [0.717, 1.165) is 18.5 Å². The normalized spacial score (nSPS) is 32.3. The lowest BCUT2D eigenvalue weighted by atomic mass is 9.77. The van der Waals surface area contributed by atoms with Crippen LogP contribution in [0.1, 0.15) is 19.8 Å². The van der Waals surface area contributed by atoms with Gasteiger partial charge in [-0.2, -0.15) is 0 Å². The first-order valence-electron chi connectivity index (χ1n) is 8.66. The maximum Gasteiger partial charge on any atom is 0.312 e. The lowest BCUT2D eigenvalue weighted by Crippen LogP contribution is -2.40. The van der Waals surface area contributed by atoms with E-state index >= 15 is 0 Å². The number of unbranched alkanes of at least 4 members (excludes halogenated alkanes) is 1. The molecule has 4 atom stereocenters. The fraction of sp³-hybridized carbons (Fsp3) is 0.474. The molecule has 2 fully saturated rings. The van der Waals surface area contributed by atoms with Gasteiger partial charge in [-0.1, -0.05) is 37.1 Å². The van der Waals surface area contributed by atoms with Gasteiger partial charge in [0.25, 0.3) is 0 Å². The zero-order valence-electron chi connectivity index (χ0n) is 14.0. The van der Waals surface area contributed by atoms with Gasteiger partial charge in [0.15, 0.2) is 0 Å². The summed E-state index contributed by atoms with van der Waals surface area (Å²) in [5.41, 5.74) is 0.0345. The van der Waals surface area contributed by atoms with Gasteiger partial charge in [-0.25, -0.2) is 0 Å². The Bertz CT molecular complexity index is 731. The SMILES string of the molecule is CCCCOC(=O)[C@@H]1[C@@H]2C=C[C@]3(CN(c4ccc(Cl)cc4)C(=O)[C@H]13)O2. The second-order valence-corrected chi connectivity index (χ2v) is 7.26. The number of anilines is 1. The van der Waals surface area contributed by atoms with Gasteiger partial charge in [-0.3, -0.25) is 9.59 Å². The molecule has 0 aliphatic carbocycles. The summed E-state index contributed by atoms with van der Waals surface area (Å²) in [4.78, 5) is 27.3. The number of carbonyl (C=O) groups excluding carboxylic acids is 2. The standard InChI is InChI=1S/C19H20ClNO4/c1-2-3-10-24-18(23)15-14-8-9-19(25-14)11-21(17(22)16(15)19)13-6-4-12(20)5-7-13/h4-9,14-16H,2-3,10-11H2,1H3/t14-,15+,16-,19+/m0/s1. The lowest BCUT2D eigenvalue weighted by molar-refractivity contribution is -0.152. The van der Waals surface area contributed by atoms with Crippen molar-refractivity contribution in [2.45, 2.75) is 31.5 Å². The average Bonchev–Trinajstić information content (AvgIpc) is 3.24. The highest BCUT2D eigenvalue weighted by molar-refractivity contribution is 6.30. The van der Waals surface area contributed by atoms with Gasteiger partial charge in [-0.05, 0) is 30.7 Å². The molecule has 3 heterocycles. The number of halogens is 1. The van der Waals surface area contributed by atoms with Crippen LogP contribution in [0.25, 0.3) is 0 Å². The van der Waals surface area contributed by atoms with E-state index in [9.17, 15) is 9.59 Å². The fourth-order valence-corrected chi connectivity index (χ4v) is 4.15. The first-order valence-corrected chi connectivity index (χ1v) is 9.04. The number of rotatable bonds is 5. The largest absolute Gasteiger partial charge is 0.465 e. The minimum atomic E-state index is -0.726. The number of hydrogen-bond donors (Lipinski definition) is 0. The van der Waals surface area contributed by atoms with Gasteiger partial charge in [0.05, 0.1) is 25.2 Å². The van der Waals surface area contributed by atoms with E-state index in [-0.39, 0.29) is 18.0 Å². The lowest BCUT2D eigenvalue weighted by Gasteiger charge is -2.22. The van der Waals surface area contributed by atoms with E-state index in [1.54, 1.807) is 17.0 Å². The van der Waals surface area contributed by atoms with Gasteiger partial charge >= 0.3 is 5.97 Å². The maximum absolute atomic E-state index is 13.1. The van der Waals surface area contributed by atoms with Crippen LogP contribution in [0.4, 0.5) is 5.69 Å². The summed E-state index contributed by atoms with van der Waals surface area (Å²) < 4.78 is 11.5. The smallest absolute Gasteiger partial charge is 0.312 e. The number of esters is 1. The third kappa shape index (κ3) is 2.57. The molecule has 0 saturated carbocycles. The van der Waals surface area contributed by atoms with Gasteiger partial charge in [-0.15, -0.1) is 0 Å². The summed E-state index contributed by atoms with van der Waals surface area (Å²) in [6, 6.07) is 7.12. The first kappa shape index (κ1) is 16.6. The van der Waals surface area contributed by atoms with Crippen LogP contribution < -0.4 is 4.90 Å². The second kappa shape index (κ2) is 6.15. The van der Waals surface area contributed by atoms with Crippen LogP contribution >= 0.6 is 11.6 Å². The fourth-order valence-electron chi connectivity index (χ4n) is 4.02. The molecule has 1 spiro atoms. The number of amides is 1. The number of hydrogen-bond acceptors (Lipinski definition) is 4. The second-order valence-electron chi connectivity index (χ2n) is 6.82. The Morgan fingerprint density at radius 1 is 1.40 bits per heavy atom. The van der Waals surface area contributed by atoms with Gasteiger partial charge in [0, 0.05) is 10.7 Å². The summed E-state index contributed by atoms with van der Waals surface area (Å²) in [7, 11) is 0. The third-order valence-corrected chi connectivity index (χ3v) is 5.50. The van der Waals surface area contributed by atoms with Crippen LogP contribution in [0.5, 0.6) is 0 Å². The predicted molar refractivity (Wildman–Crippen MR) is 93.4 cm³/mol. The Labute approximate surface area is 151 Å². The number of fused-ring (bicyclic) bond motifs is 1. The van der Waals surface area contributed by atoms with E-state index in [0.29, 0.717) is 18.2 Å². The Morgan fingerprint density at radius 3 is 2.88 bits per heavy atom. The molecular weight excluding hydrogens is 342 g/mol. The average molecular weight is 362 g/mol. The van der Waals surface area contributed by atoms with Crippen LogP contribution in [0, 0.1) is 11.8 Å². The zero-order valence-corrected chi connectivity index (χ0v) is 14.7. The van der Waals surface area contributed by atoms with Crippen molar-refractivity contribution < 1.29 is 19.1 Å². The van der Waals surface area contributed by atoms with Crippen molar-refractivity contribution in [3.8, 4) is 0 Å². The highest BCUT2D eigenvalue weighted by atomic mass is 35.5. The van der Waals surface area contributed by atoms with Crippen LogP contribution in [-0.2, 0) is 19.1 Å². The van der Waals surface area contributed by atoms with Gasteiger partial charge < -0.3 is 14.4 Å². The monoisotopic (exact) mass is 361 g/mol. The molecule has 0 N–H and O–H groups in total. The summed E-state index contributed by atoms with van der Waals surface area (Å²) in [6.07, 6.45) is 5.23. The van der Waals surface area contributed by atoms with Gasteiger partial charge in [0.2, 0.25) is 5.91 Å². The molecule has 1 aromatic carbocycles. The zero-order chi connectivity index (χ0) is 17.6. The number of carbonyl (C=O) groups is 2. The molecule has 6 heteroatoms. The Hall–Kier alpha value is -1.85. The highest BCUT2D eigenvalue weighted by Crippen LogP contribution is 2.52. The Balaban J connectivity index is 1.59. The molecule has 0 unspecified atom stereocenters. The van der Waals surface area contributed by atoms with E-state index in [1.807, 2.05) is 31.2 Å². The highest BCUT2D eigenvalue weighted by Gasteiger charge is 2.67. The molecule has 132 valence electrons. The van der Waals surface area contributed by atoms with Crippen molar-refractivity contribution in [3.63, 3.8) is 0 Å². The van der Waals surface area contributed by atoms with Crippen molar-refractivity contribution >= 4 is 29.2 Å². The van der Waals surface area contributed by atoms with Crippen LogP contribution in [0.3, 0.4) is 0 Å². The molecule has 4 rings (SSSR count). The van der Waals surface area contributed by atoms with Crippen molar-refractivity contribution in [3.05, 3.63) is 41.4 Å². The van der Waals surface area contributed by atoms with Crippen LogP contribution in [0.15, 0.2) is 36.4 Å². The van der Waals surface area contributed by atoms with Crippen molar-refractivity contribution in [2.75, 3.05) is 18.1 Å². The molecule has 0 aromatic heterocycles. The minimum absolute atomic E-state index is 0.0911. The van der Waals surface area contributed by atoms with E-state index in [2.05, 4.69) is 0 Å². The van der Waals surface area contributed by atoms with Crippen LogP contribution in [-0.4, -0.2) is 36.7 Å². The van der Waals surface area contributed by atoms with Crippen molar-refractivity contribution in [1.29, 1.82) is 0 Å². The molecule has 2 bridgehead atoms. The number of nitrogens with zero attached hydrogens (tertiary/aromatic N) is 1. The first-order chi connectivity index (χ1) is 12.1. The number of ether oxygens (including phenoxy) is 2. The molecule has 0 radical (unpaired) electrons. The summed E-state index contributed by atoms with van der Waals surface area (Å²) in [6.45, 7) is 2.83. The molecule has 3 aliphatic heterocycles. The molecule has 1 amide bonds. The molecule has 5 nitrogen and oxygen atoms in total. The van der Waals surface area contributed by atoms with Crippen molar-refractivity contribution in [2.24, 2.45) is 11.8 Å². The molecule has 25 heavy (non-hydrogen) atoms.